The minimum absolute atomic E-state index is 0.149. The zero-order valence-electron chi connectivity index (χ0n) is 12.4. The molecule has 7 heteroatoms. The summed E-state index contributed by atoms with van der Waals surface area (Å²) < 4.78 is 18.7. The number of pyridine rings is 1. The second kappa shape index (κ2) is 6.82. The summed E-state index contributed by atoms with van der Waals surface area (Å²) in [5.74, 6) is -1.46. The number of hydrogen-bond acceptors (Lipinski definition) is 5. The van der Waals surface area contributed by atoms with Gasteiger partial charge in [-0.1, -0.05) is 6.07 Å². The molecule has 120 valence electrons. The van der Waals surface area contributed by atoms with Crippen LogP contribution in [-0.2, 0) is 6.61 Å². The number of carboxylic acid groups (broad SMARTS) is 1. The average Bonchev–Trinajstić information content (AvgIpc) is 2.61. The van der Waals surface area contributed by atoms with Gasteiger partial charge in [-0.15, -0.1) is 0 Å². The number of aromatic nitrogens is 3. The van der Waals surface area contributed by atoms with Gasteiger partial charge < -0.3 is 9.84 Å². The van der Waals surface area contributed by atoms with Crippen LogP contribution in [0.5, 0.6) is 5.88 Å². The fourth-order valence-corrected chi connectivity index (χ4v) is 2.01. The molecule has 3 aromatic rings. The standard InChI is InChI=1S/C17H12FN3O3/c18-12-6-4-11(5-7-12)15-16(20-9-14(21-15)17(22)23)24-10-13-3-1-2-8-19-13/h1-9H,10H2,(H,22,23). The van der Waals surface area contributed by atoms with Crippen LogP contribution in [0.3, 0.4) is 0 Å². The monoisotopic (exact) mass is 325 g/mol. The Kier molecular flexibility index (Phi) is 4.42. The number of nitrogens with zero attached hydrogens (tertiary/aromatic N) is 3. The summed E-state index contributed by atoms with van der Waals surface area (Å²) in [6.45, 7) is 0.149. The lowest BCUT2D eigenvalue weighted by atomic mass is 10.1. The lowest BCUT2D eigenvalue weighted by molar-refractivity contribution is 0.0690. The molecular weight excluding hydrogens is 313 g/mol. The Morgan fingerprint density at radius 3 is 2.58 bits per heavy atom. The van der Waals surface area contributed by atoms with Gasteiger partial charge in [0.1, 0.15) is 18.1 Å². The van der Waals surface area contributed by atoms with Gasteiger partial charge in [0, 0.05) is 11.8 Å². The number of halogens is 1. The van der Waals surface area contributed by atoms with Crippen molar-refractivity contribution in [3.8, 4) is 17.1 Å². The molecule has 3 rings (SSSR count). The normalized spacial score (nSPS) is 10.4. The summed E-state index contributed by atoms with van der Waals surface area (Å²) in [7, 11) is 0. The number of carboxylic acids is 1. The van der Waals surface area contributed by atoms with E-state index in [4.69, 9.17) is 9.84 Å². The Balaban J connectivity index is 1.95. The van der Waals surface area contributed by atoms with E-state index in [9.17, 15) is 9.18 Å². The Morgan fingerprint density at radius 1 is 1.12 bits per heavy atom. The highest BCUT2D eigenvalue weighted by atomic mass is 19.1. The molecule has 1 N–H and O–H groups in total. The Bertz CT molecular complexity index is 855. The summed E-state index contributed by atoms with van der Waals surface area (Å²) in [5, 5.41) is 9.09. The van der Waals surface area contributed by atoms with Crippen LogP contribution in [0.2, 0.25) is 0 Å². The lowest BCUT2D eigenvalue weighted by Crippen LogP contribution is -2.07. The van der Waals surface area contributed by atoms with E-state index >= 15 is 0 Å². The quantitative estimate of drug-likeness (QED) is 0.776. The molecule has 0 amide bonds. The van der Waals surface area contributed by atoms with Gasteiger partial charge in [0.15, 0.2) is 5.69 Å². The molecule has 24 heavy (non-hydrogen) atoms. The van der Waals surface area contributed by atoms with E-state index in [2.05, 4.69) is 15.0 Å². The van der Waals surface area contributed by atoms with Crippen LogP contribution in [0.25, 0.3) is 11.3 Å². The van der Waals surface area contributed by atoms with E-state index in [0.29, 0.717) is 11.3 Å². The summed E-state index contributed by atoms with van der Waals surface area (Å²) in [4.78, 5) is 23.3. The molecule has 0 bridgehead atoms. The van der Waals surface area contributed by atoms with E-state index < -0.39 is 11.8 Å². The first-order chi connectivity index (χ1) is 11.6. The smallest absolute Gasteiger partial charge is 0.356 e. The first kappa shape index (κ1) is 15.5. The van der Waals surface area contributed by atoms with Gasteiger partial charge in [0.25, 0.3) is 0 Å². The van der Waals surface area contributed by atoms with Gasteiger partial charge in [-0.05, 0) is 36.4 Å². The molecule has 0 saturated heterocycles. The third-order valence-corrected chi connectivity index (χ3v) is 3.16. The van der Waals surface area contributed by atoms with Crippen LogP contribution in [0.4, 0.5) is 4.39 Å². The number of rotatable bonds is 5. The van der Waals surface area contributed by atoms with Gasteiger partial charge >= 0.3 is 5.97 Å². The highest BCUT2D eigenvalue weighted by Crippen LogP contribution is 2.27. The van der Waals surface area contributed by atoms with Gasteiger partial charge in [-0.25, -0.2) is 19.2 Å². The first-order valence-corrected chi connectivity index (χ1v) is 7.02. The molecule has 0 unspecified atom stereocenters. The van der Waals surface area contributed by atoms with E-state index in [1.165, 1.54) is 24.3 Å². The molecule has 0 aliphatic rings. The van der Waals surface area contributed by atoms with Gasteiger partial charge in [0.2, 0.25) is 5.88 Å². The molecule has 0 aliphatic carbocycles. The Labute approximate surface area is 136 Å². The molecule has 0 aliphatic heterocycles. The van der Waals surface area contributed by atoms with Crippen LogP contribution in [0.1, 0.15) is 16.2 Å². The topological polar surface area (TPSA) is 85.2 Å². The molecule has 0 atom stereocenters. The fraction of sp³-hybridized carbons (Fsp3) is 0.0588. The summed E-state index contributed by atoms with van der Waals surface area (Å²) in [5.41, 5.74) is 1.19. The number of hydrogen-bond donors (Lipinski definition) is 1. The van der Waals surface area contributed by atoms with Crippen molar-refractivity contribution in [3.05, 3.63) is 72.1 Å². The molecule has 0 radical (unpaired) electrons. The van der Waals surface area contributed by atoms with E-state index in [1.54, 1.807) is 18.3 Å². The summed E-state index contributed by atoms with van der Waals surface area (Å²) >= 11 is 0. The zero-order valence-corrected chi connectivity index (χ0v) is 12.4. The molecule has 1 aromatic carbocycles. The molecule has 6 nitrogen and oxygen atoms in total. The zero-order chi connectivity index (χ0) is 16.9. The SMILES string of the molecule is O=C(O)c1cnc(OCc2ccccn2)c(-c2ccc(F)cc2)n1. The number of benzene rings is 1. The van der Waals surface area contributed by atoms with E-state index in [-0.39, 0.29) is 23.9 Å². The van der Waals surface area contributed by atoms with Crippen LogP contribution < -0.4 is 4.74 Å². The van der Waals surface area contributed by atoms with Gasteiger partial charge in [-0.2, -0.15) is 0 Å². The largest absolute Gasteiger partial charge is 0.476 e. The van der Waals surface area contributed by atoms with Crippen LogP contribution in [-0.4, -0.2) is 26.0 Å². The van der Waals surface area contributed by atoms with Crippen molar-refractivity contribution in [3.63, 3.8) is 0 Å². The van der Waals surface area contributed by atoms with Crippen LogP contribution in [0, 0.1) is 5.82 Å². The first-order valence-electron chi connectivity index (χ1n) is 7.02. The maximum absolute atomic E-state index is 13.1. The minimum atomic E-state index is -1.21. The van der Waals surface area contributed by atoms with Crippen molar-refractivity contribution in [1.82, 2.24) is 15.0 Å². The van der Waals surface area contributed by atoms with Gasteiger partial charge in [-0.3, -0.25) is 4.98 Å². The van der Waals surface area contributed by atoms with Crippen molar-refractivity contribution < 1.29 is 19.0 Å². The third kappa shape index (κ3) is 3.52. The highest BCUT2D eigenvalue weighted by Gasteiger charge is 2.15. The Morgan fingerprint density at radius 2 is 1.92 bits per heavy atom. The fourth-order valence-electron chi connectivity index (χ4n) is 2.01. The molecule has 2 aromatic heterocycles. The van der Waals surface area contributed by atoms with Crippen molar-refractivity contribution in [1.29, 1.82) is 0 Å². The number of ether oxygens (including phenoxy) is 1. The average molecular weight is 325 g/mol. The predicted molar refractivity (Wildman–Crippen MR) is 83.0 cm³/mol. The van der Waals surface area contributed by atoms with Crippen molar-refractivity contribution in [2.75, 3.05) is 0 Å². The summed E-state index contributed by atoms with van der Waals surface area (Å²) in [6.07, 6.45) is 2.75. The van der Waals surface area contributed by atoms with Crippen LogP contribution in [0.15, 0.2) is 54.9 Å². The minimum Gasteiger partial charge on any atom is -0.476 e. The van der Waals surface area contributed by atoms with E-state index in [1.807, 2.05) is 6.07 Å². The van der Waals surface area contributed by atoms with Crippen molar-refractivity contribution >= 4 is 5.97 Å². The third-order valence-electron chi connectivity index (χ3n) is 3.16. The number of carbonyl (C=O) groups is 1. The predicted octanol–water partition coefficient (Wildman–Crippen LogP) is 2.95. The van der Waals surface area contributed by atoms with Crippen LogP contribution >= 0.6 is 0 Å². The maximum atomic E-state index is 13.1. The second-order valence-electron chi connectivity index (χ2n) is 4.83. The van der Waals surface area contributed by atoms with E-state index in [0.717, 1.165) is 6.20 Å². The Hall–Kier alpha value is -3.35. The molecule has 0 saturated carbocycles. The lowest BCUT2D eigenvalue weighted by Gasteiger charge is -2.10. The second-order valence-corrected chi connectivity index (χ2v) is 4.83. The molecule has 0 spiro atoms. The highest BCUT2D eigenvalue weighted by molar-refractivity contribution is 5.86. The van der Waals surface area contributed by atoms with Gasteiger partial charge in [0.05, 0.1) is 11.9 Å². The van der Waals surface area contributed by atoms with Crippen molar-refractivity contribution in [2.45, 2.75) is 6.61 Å². The maximum Gasteiger partial charge on any atom is 0.356 e. The number of aromatic carboxylic acids is 1. The molecular formula is C17H12FN3O3. The van der Waals surface area contributed by atoms with Crippen molar-refractivity contribution in [2.24, 2.45) is 0 Å². The summed E-state index contributed by atoms with van der Waals surface area (Å²) in [6, 6.07) is 10.9. The molecule has 2 heterocycles. The molecule has 0 fully saturated rings.